The summed E-state index contributed by atoms with van der Waals surface area (Å²) in [6.07, 6.45) is 9.48. The maximum Gasteiger partial charge on any atom is 0.146 e. The summed E-state index contributed by atoms with van der Waals surface area (Å²) in [5.41, 5.74) is -0.123. The molecule has 1 aromatic carbocycles. The molecule has 0 aliphatic heterocycles. The van der Waals surface area contributed by atoms with Crippen LogP contribution in [0.4, 0.5) is 4.39 Å². The highest BCUT2D eigenvalue weighted by Crippen LogP contribution is 2.55. The van der Waals surface area contributed by atoms with E-state index in [9.17, 15) is 0 Å². The molecule has 258 valence electrons. The lowest BCUT2D eigenvalue weighted by Gasteiger charge is -2.19. The van der Waals surface area contributed by atoms with Gasteiger partial charge in [-0.05, 0) is 47.6 Å². The molecular weight excluding hydrogens is 660 g/mol. The first kappa shape index (κ1) is 36.6. The standard InChI is InChI=1S/C40H55FO2S4/c1-11-15-17-24(13-3)21-42-32-26-19-29(36-37-31(28(41)23-44-37)38(47-36)40(8,9)10)45-34(26)33(43-22-25(14-4)18-16-12-2)27-20-30(39(5,6)7)46-35(27)32/h19-20,23-25H,11-18,21-22H2,1-10H3. The zero-order chi connectivity index (χ0) is 34.1. The van der Waals surface area contributed by atoms with Crippen LogP contribution < -0.4 is 9.47 Å². The molecule has 5 rings (SSSR count). The van der Waals surface area contributed by atoms with Crippen molar-refractivity contribution in [3.05, 3.63) is 33.1 Å². The van der Waals surface area contributed by atoms with E-state index in [2.05, 4.69) is 81.4 Å². The van der Waals surface area contributed by atoms with Gasteiger partial charge >= 0.3 is 0 Å². The first-order valence-corrected chi connectivity index (χ1v) is 21.1. The molecule has 0 fully saturated rings. The highest BCUT2D eigenvalue weighted by Gasteiger charge is 2.30. The number of halogens is 1. The van der Waals surface area contributed by atoms with Crippen molar-refractivity contribution in [3.8, 4) is 21.3 Å². The predicted octanol–water partition coefficient (Wildman–Crippen LogP) is 15.0. The minimum atomic E-state index is -0.143. The zero-order valence-corrected chi connectivity index (χ0v) is 33.6. The molecule has 0 N–H and O–H groups in total. The second-order valence-corrected chi connectivity index (χ2v) is 19.4. The van der Waals surface area contributed by atoms with Crippen molar-refractivity contribution < 1.29 is 13.9 Å². The molecule has 4 aromatic heterocycles. The fourth-order valence-corrected chi connectivity index (χ4v) is 11.3. The Balaban J connectivity index is 1.74. The van der Waals surface area contributed by atoms with E-state index in [0.29, 0.717) is 11.8 Å². The van der Waals surface area contributed by atoms with Crippen LogP contribution in [0.5, 0.6) is 11.5 Å². The van der Waals surface area contributed by atoms with Crippen LogP contribution in [0.15, 0.2) is 17.5 Å². The van der Waals surface area contributed by atoms with E-state index in [1.807, 2.05) is 11.3 Å². The molecule has 0 saturated carbocycles. The Morgan fingerprint density at radius 2 is 1.26 bits per heavy atom. The minimum Gasteiger partial charge on any atom is -0.491 e. The van der Waals surface area contributed by atoms with Gasteiger partial charge in [-0.2, -0.15) is 0 Å². The average molecular weight is 715 g/mol. The van der Waals surface area contributed by atoms with Crippen LogP contribution in [-0.2, 0) is 10.8 Å². The monoisotopic (exact) mass is 714 g/mol. The van der Waals surface area contributed by atoms with Gasteiger partial charge in [0, 0.05) is 36.2 Å². The SMILES string of the molecule is CCCCC(CC)COc1c2cc(C(C)(C)C)sc2c(OCC(CC)CCCC)c2cc(-c3sc(C(C)(C)C)c4c(F)csc34)sc12. The molecule has 2 unspecified atom stereocenters. The van der Waals surface area contributed by atoms with Crippen LogP contribution in [0.2, 0.25) is 0 Å². The van der Waals surface area contributed by atoms with Crippen molar-refractivity contribution in [2.24, 2.45) is 11.8 Å². The topological polar surface area (TPSA) is 18.5 Å². The third-order valence-corrected chi connectivity index (χ3v) is 15.0. The first-order chi connectivity index (χ1) is 22.3. The van der Waals surface area contributed by atoms with Crippen molar-refractivity contribution in [2.45, 2.75) is 131 Å². The number of rotatable bonds is 15. The summed E-state index contributed by atoms with van der Waals surface area (Å²) in [7, 11) is 0. The summed E-state index contributed by atoms with van der Waals surface area (Å²) in [5, 5.41) is 4.79. The summed E-state index contributed by atoms with van der Waals surface area (Å²) in [5.74, 6) is 2.96. The quantitative estimate of drug-likeness (QED) is 0.107. The highest BCUT2D eigenvalue weighted by molar-refractivity contribution is 7.30. The van der Waals surface area contributed by atoms with Gasteiger partial charge < -0.3 is 9.47 Å². The Hall–Kier alpha value is -1.67. The second-order valence-electron chi connectivity index (χ2n) is 15.4. The predicted molar refractivity (Wildman–Crippen MR) is 211 cm³/mol. The Bertz CT molecular complexity index is 1710. The van der Waals surface area contributed by atoms with Crippen molar-refractivity contribution >= 4 is 75.6 Å². The fraction of sp³-hybridized carbons (Fsp3) is 0.600. The van der Waals surface area contributed by atoms with E-state index < -0.39 is 0 Å². The summed E-state index contributed by atoms with van der Waals surface area (Å²) in [6, 6.07) is 4.70. The van der Waals surface area contributed by atoms with Crippen molar-refractivity contribution in [2.75, 3.05) is 13.2 Å². The first-order valence-electron chi connectivity index (χ1n) is 17.8. The molecule has 0 radical (unpaired) electrons. The van der Waals surface area contributed by atoms with Gasteiger partial charge in [0.15, 0.2) is 0 Å². The maximum atomic E-state index is 15.3. The zero-order valence-electron chi connectivity index (χ0n) is 30.3. The van der Waals surface area contributed by atoms with Crippen molar-refractivity contribution in [1.29, 1.82) is 0 Å². The van der Waals surface area contributed by atoms with Gasteiger partial charge in [-0.25, -0.2) is 4.39 Å². The lowest BCUT2D eigenvalue weighted by Crippen LogP contribution is -2.12. The highest BCUT2D eigenvalue weighted by atomic mass is 32.1. The van der Waals surface area contributed by atoms with Crippen LogP contribution >= 0.6 is 45.3 Å². The Labute approximate surface area is 298 Å². The number of hydrogen-bond donors (Lipinski definition) is 0. The molecule has 2 atom stereocenters. The lowest BCUT2D eigenvalue weighted by atomic mass is 9.93. The smallest absolute Gasteiger partial charge is 0.146 e. The Kier molecular flexibility index (Phi) is 11.7. The number of ether oxygens (including phenoxy) is 2. The molecule has 0 aliphatic carbocycles. The van der Waals surface area contributed by atoms with E-state index in [1.165, 1.54) is 74.6 Å². The van der Waals surface area contributed by atoms with Gasteiger partial charge in [0.2, 0.25) is 0 Å². The summed E-state index contributed by atoms with van der Waals surface area (Å²) < 4.78 is 32.6. The lowest BCUT2D eigenvalue weighted by molar-refractivity contribution is 0.235. The largest absolute Gasteiger partial charge is 0.491 e. The van der Waals surface area contributed by atoms with Gasteiger partial charge in [-0.15, -0.1) is 45.3 Å². The molecule has 0 bridgehead atoms. The summed E-state index contributed by atoms with van der Waals surface area (Å²) in [4.78, 5) is 4.80. The van der Waals surface area contributed by atoms with Crippen molar-refractivity contribution in [3.63, 3.8) is 0 Å². The molecule has 4 heterocycles. The van der Waals surface area contributed by atoms with Crippen LogP contribution in [-0.4, -0.2) is 13.2 Å². The second kappa shape index (κ2) is 15.1. The number of fused-ring (bicyclic) bond motifs is 3. The van der Waals surface area contributed by atoms with Crippen LogP contribution in [0.3, 0.4) is 0 Å². The summed E-state index contributed by atoms with van der Waals surface area (Å²) >= 11 is 6.95. The number of hydrogen-bond acceptors (Lipinski definition) is 6. The van der Waals surface area contributed by atoms with E-state index in [4.69, 9.17) is 9.47 Å². The maximum absolute atomic E-state index is 15.3. The fourth-order valence-electron chi connectivity index (χ4n) is 6.27. The molecule has 0 amide bonds. The summed E-state index contributed by atoms with van der Waals surface area (Å²) in [6.45, 7) is 24.0. The third kappa shape index (κ3) is 7.74. The number of benzene rings is 1. The van der Waals surface area contributed by atoms with E-state index >= 15 is 4.39 Å². The third-order valence-electron chi connectivity index (χ3n) is 9.41. The normalized spacial score (nSPS) is 14.1. The van der Waals surface area contributed by atoms with Gasteiger partial charge in [0.05, 0.1) is 32.2 Å². The number of thiophene rings is 4. The van der Waals surface area contributed by atoms with Gasteiger partial charge in [-0.3, -0.25) is 0 Å². The van der Waals surface area contributed by atoms with Gasteiger partial charge in [0.1, 0.15) is 17.3 Å². The molecule has 47 heavy (non-hydrogen) atoms. The molecule has 2 nitrogen and oxygen atoms in total. The molecule has 5 aromatic rings. The van der Waals surface area contributed by atoms with Crippen LogP contribution in [0.25, 0.3) is 40.0 Å². The molecule has 0 saturated heterocycles. The van der Waals surface area contributed by atoms with E-state index in [1.54, 1.807) is 28.1 Å². The Morgan fingerprint density at radius 3 is 1.77 bits per heavy atom. The minimum absolute atomic E-state index is 0.0200. The van der Waals surface area contributed by atoms with Crippen LogP contribution in [0.1, 0.15) is 130 Å². The van der Waals surface area contributed by atoms with E-state index in [0.717, 1.165) is 62.6 Å². The van der Waals surface area contributed by atoms with E-state index in [-0.39, 0.29) is 16.6 Å². The Morgan fingerprint density at radius 1 is 0.702 bits per heavy atom. The molecule has 0 aliphatic rings. The van der Waals surface area contributed by atoms with Gasteiger partial charge in [0.25, 0.3) is 0 Å². The van der Waals surface area contributed by atoms with Crippen LogP contribution in [0, 0.1) is 17.7 Å². The van der Waals surface area contributed by atoms with Gasteiger partial charge in [-0.1, -0.05) is 108 Å². The molecule has 0 spiro atoms. The molecule has 7 heteroatoms. The number of unbranched alkanes of at least 4 members (excludes halogenated alkanes) is 2. The molecular formula is C40H55FO2S4. The average Bonchev–Trinajstić information content (AvgIpc) is 3.80. The van der Waals surface area contributed by atoms with Crippen molar-refractivity contribution in [1.82, 2.24) is 0 Å².